The number of aliphatic hydroxyl groups excluding tert-OH is 1. The summed E-state index contributed by atoms with van der Waals surface area (Å²) in [7, 11) is 0. The van der Waals surface area contributed by atoms with Gasteiger partial charge in [0.1, 0.15) is 0 Å². The van der Waals surface area contributed by atoms with E-state index < -0.39 is 11.9 Å². The van der Waals surface area contributed by atoms with Gasteiger partial charge in [0.15, 0.2) is 5.69 Å². The second-order valence-corrected chi connectivity index (χ2v) is 7.78. The lowest BCUT2D eigenvalue weighted by molar-refractivity contribution is -0.141. The number of aromatic nitrogens is 4. The number of pyridine rings is 1. The van der Waals surface area contributed by atoms with E-state index in [1.54, 1.807) is 10.6 Å². The molecule has 0 amide bonds. The molecule has 0 unspecified atom stereocenters. The third kappa shape index (κ3) is 2.87. The highest BCUT2D eigenvalue weighted by atomic mass is 35.5. The van der Waals surface area contributed by atoms with Crippen LogP contribution in [0.5, 0.6) is 0 Å². The summed E-state index contributed by atoms with van der Waals surface area (Å²) >= 11 is 6.13. The predicted octanol–water partition coefficient (Wildman–Crippen LogP) is 3.42. The highest BCUT2D eigenvalue weighted by Crippen LogP contribution is 2.58. The molecular formula is C19H14ClF3N4O2. The maximum absolute atomic E-state index is 12.9. The van der Waals surface area contributed by atoms with E-state index in [4.69, 9.17) is 11.6 Å². The van der Waals surface area contributed by atoms with Gasteiger partial charge in [-0.25, -0.2) is 4.68 Å². The first-order chi connectivity index (χ1) is 13.8. The highest BCUT2D eigenvalue weighted by Gasteiger charge is 2.52. The normalized spacial score (nSPS) is 22.4. The summed E-state index contributed by atoms with van der Waals surface area (Å²) in [5.74, 6) is 0.470. The summed E-state index contributed by atoms with van der Waals surface area (Å²) in [5.41, 5.74) is 0.791. The van der Waals surface area contributed by atoms with Crippen LogP contribution in [0.15, 0.2) is 41.3 Å². The Bertz CT molecular complexity index is 1190. The van der Waals surface area contributed by atoms with Gasteiger partial charge in [0.05, 0.1) is 24.5 Å². The Morgan fingerprint density at radius 3 is 2.72 bits per heavy atom. The van der Waals surface area contributed by atoms with Gasteiger partial charge in [-0.1, -0.05) is 16.8 Å². The fourth-order valence-corrected chi connectivity index (χ4v) is 4.41. The summed E-state index contributed by atoms with van der Waals surface area (Å²) in [6, 6.07) is 7.69. The smallest absolute Gasteiger partial charge is 0.394 e. The second-order valence-electron chi connectivity index (χ2n) is 7.34. The van der Waals surface area contributed by atoms with Gasteiger partial charge in [0, 0.05) is 28.3 Å². The first-order valence-electron chi connectivity index (χ1n) is 8.95. The molecule has 3 aromatic rings. The zero-order chi connectivity index (χ0) is 20.5. The second kappa shape index (κ2) is 6.17. The summed E-state index contributed by atoms with van der Waals surface area (Å²) in [6.07, 6.45) is -2.91. The van der Waals surface area contributed by atoms with Gasteiger partial charge in [-0.05, 0) is 42.2 Å². The average molecular weight is 423 g/mol. The Morgan fingerprint density at radius 2 is 2.03 bits per heavy atom. The molecule has 2 aliphatic rings. The van der Waals surface area contributed by atoms with Crippen LogP contribution < -0.4 is 5.56 Å². The van der Waals surface area contributed by atoms with Crippen molar-refractivity contribution in [1.29, 1.82) is 0 Å². The maximum atomic E-state index is 12.9. The van der Waals surface area contributed by atoms with E-state index in [0.29, 0.717) is 21.8 Å². The van der Waals surface area contributed by atoms with E-state index in [1.165, 1.54) is 18.2 Å². The minimum Gasteiger partial charge on any atom is -0.394 e. The van der Waals surface area contributed by atoms with Gasteiger partial charge in [0.2, 0.25) is 0 Å². The number of aliphatic hydroxyl groups is 1. The van der Waals surface area contributed by atoms with Gasteiger partial charge in [-0.2, -0.15) is 13.2 Å². The number of nitrogens with zero attached hydrogens (tertiary/aromatic N) is 4. The minimum atomic E-state index is -4.61. The monoisotopic (exact) mass is 422 g/mol. The van der Waals surface area contributed by atoms with Crippen molar-refractivity contribution in [3.05, 3.63) is 63.3 Å². The van der Waals surface area contributed by atoms with Crippen molar-refractivity contribution in [1.82, 2.24) is 19.6 Å². The quantitative estimate of drug-likeness (QED) is 0.702. The minimum absolute atomic E-state index is 0.102. The van der Waals surface area contributed by atoms with Crippen molar-refractivity contribution in [2.75, 3.05) is 6.61 Å². The molecule has 0 radical (unpaired) electrons. The Morgan fingerprint density at radius 1 is 1.24 bits per heavy atom. The van der Waals surface area contributed by atoms with Gasteiger partial charge in [-0.3, -0.25) is 4.79 Å². The Labute approximate surface area is 167 Å². The van der Waals surface area contributed by atoms with Crippen LogP contribution in [0.25, 0.3) is 16.8 Å². The predicted molar refractivity (Wildman–Crippen MR) is 98.0 cm³/mol. The SMILES string of the molecule is O=c1cc(-c2cc(Cl)ccc2-n2cc(C(F)(F)F)nn2)cc2n1[C@H](CO)[C@H]1C[C@@H]21. The molecule has 5 rings (SSSR count). The zero-order valence-electron chi connectivity index (χ0n) is 14.8. The fourth-order valence-electron chi connectivity index (χ4n) is 4.24. The summed E-state index contributed by atoms with van der Waals surface area (Å²) < 4.78 is 41.4. The molecule has 1 aliphatic heterocycles. The first kappa shape index (κ1) is 18.4. The Kier molecular flexibility index (Phi) is 3.91. The van der Waals surface area contributed by atoms with Crippen LogP contribution in [0.2, 0.25) is 5.02 Å². The van der Waals surface area contributed by atoms with Crippen molar-refractivity contribution >= 4 is 11.6 Å². The summed E-state index contributed by atoms with van der Waals surface area (Å²) in [6.45, 7) is -0.102. The van der Waals surface area contributed by atoms with Gasteiger partial charge in [0.25, 0.3) is 5.56 Å². The first-order valence-corrected chi connectivity index (χ1v) is 9.33. The third-order valence-corrected chi connectivity index (χ3v) is 5.87. The molecule has 10 heteroatoms. The zero-order valence-corrected chi connectivity index (χ0v) is 15.5. The highest BCUT2D eigenvalue weighted by molar-refractivity contribution is 6.31. The van der Waals surface area contributed by atoms with E-state index in [0.717, 1.165) is 23.0 Å². The lowest BCUT2D eigenvalue weighted by Gasteiger charge is -2.17. The van der Waals surface area contributed by atoms with E-state index >= 15 is 0 Å². The van der Waals surface area contributed by atoms with Crippen molar-refractivity contribution in [3.63, 3.8) is 0 Å². The molecule has 1 N–H and O–H groups in total. The van der Waals surface area contributed by atoms with Crippen molar-refractivity contribution in [2.45, 2.75) is 24.6 Å². The molecule has 0 saturated heterocycles. The van der Waals surface area contributed by atoms with Crippen molar-refractivity contribution in [2.24, 2.45) is 5.92 Å². The third-order valence-electron chi connectivity index (χ3n) is 5.63. The number of alkyl halides is 3. The Hall–Kier alpha value is -2.65. The van der Waals surface area contributed by atoms with E-state index in [9.17, 15) is 23.1 Å². The molecule has 1 aliphatic carbocycles. The number of benzene rings is 1. The molecular weight excluding hydrogens is 409 g/mol. The van der Waals surface area contributed by atoms with Crippen LogP contribution in [0.3, 0.4) is 0 Å². The van der Waals surface area contributed by atoms with Crippen LogP contribution in [0.4, 0.5) is 13.2 Å². The molecule has 6 nitrogen and oxygen atoms in total. The maximum Gasteiger partial charge on any atom is 0.436 e. The topological polar surface area (TPSA) is 72.9 Å². The van der Waals surface area contributed by atoms with E-state index in [1.807, 2.05) is 6.07 Å². The van der Waals surface area contributed by atoms with Crippen molar-refractivity contribution in [3.8, 4) is 16.8 Å². The molecule has 3 heterocycles. The molecule has 0 spiro atoms. The van der Waals surface area contributed by atoms with Gasteiger partial charge >= 0.3 is 6.18 Å². The molecule has 3 atom stereocenters. The standard InChI is InChI=1S/C19H14ClF3N4O2/c20-10-1-2-14(26-7-17(24-25-26)19(21,22)23)11(5-10)9-3-15-12-6-13(12)16(8-28)27(15)18(29)4-9/h1-5,7,12-13,16,28H,6,8H2/t12-,13+,16-/m1/s1. The van der Waals surface area contributed by atoms with E-state index in [2.05, 4.69) is 10.3 Å². The summed E-state index contributed by atoms with van der Waals surface area (Å²) in [4.78, 5) is 12.7. The molecule has 0 bridgehead atoms. The fraction of sp³-hybridized carbons (Fsp3) is 0.316. The molecule has 29 heavy (non-hydrogen) atoms. The van der Waals surface area contributed by atoms with E-state index in [-0.39, 0.29) is 30.0 Å². The molecule has 1 aromatic carbocycles. The number of hydrogen-bond donors (Lipinski definition) is 1. The van der Waals surface area contributed by atoms with Crippen LogP contribution in [0, 0.1) is 5.92 Å². The van der Waals surface area contributed by atoms with Crippen LogP contribution in [-0.2, 0) is 6.18 Å². The lowest BCUT2D eigenvalue weighted by atomic mass is 10.0. The lowest BCUT2D eigenvalue weighted by Crippen LogP contribution is -2.26. The molecule has 1 saturated carbocycles. The van der Waals surface area contributed by atoms with Crippen molar-refractivity contribution < 1.29 is 18.3 Å². The number of hydrogen-bond acceptors (Lipinski definition) is 4. The summed E-state index contributed by atoms with van der Waals surface area (Å²) in [5, 5.41) is 16.8. The van der Waals surface area contributed by atoms with Crippen LogP contribution >= 0.6 is 11.6 Å². The average Bonchev–Trinajstić information content (AvgIpc) is 3.15. The van der Waals surface area contributed by atoms with Crippen LogP contribution in [-0.4, -0.2) is 31.3 Å². The molecule has 2 aromatic heterocycles. The number of halogens is 4. The molecule has 1 fully saturated rings. The number of fused-ring (bicyclic) bond motifs is 3. The largest absolute Gasteiger partial charge is 0.436 e. The van der Waals surface area contributed by atoms with Gasteiger partial charge < -0.3 is 9.67 Å². The number of rotatable bonds is 3. The van der Waals surface area contributed by atoms with Crippen LogP contribution in [0.1, 0.15) is 29.8 Å². The molecule has 150 valence electrons. The van der Waals surface area contributed by atoms with Gasteiger partial charge in [-0.15, -0.1) is 5.10 Å². The Balaban J connectivity index is 1.66.